The second-order valence-corrected chi connectivity index (χ2v) is 3.38. The van der Waals surface area contributed by atoms with Gasteiger partial charge in [0.05, 0.1) is 0 Å². The van der Waals surface area contributed by atoms with Crippen LogP contribution in [0, 0.1) is 6.92 Å². The number of carbonyl (C=O) groups is 1. The van der Waals surface area contributed by atoms with Crippen LogP contribution in [0.5, 0.6) is 0 Å². The third kappa shape index (κ3) is 2.25. The van der Waals surface area contributed by atoms with Crippen molar-refractivity contribution in [1.82, 2.24) is 10.2 Å². The monoisotopic (exact) mass is 217 g/mol. The number of nitrogens with one attached hydrogen (secondary N) is 1. The topological polar surface area (TPSA) is 68.0 Å². The van der Waals surface area contributed by atoms with Gasteiger partial charge in [-0.05, 0) is 24.3 Å². The highest BCUT2D eigenvalue weighted by Crippen LogP contribution is 2.19. The van der Waals surface area contributed by atoms with Crippen molar-refractivity contribution in [3.63, 3.8) is 0 Å². The number of hydrogen-bond donors (Lipinski definition) is 1. The summed E-state index contributed by atoms with van der Waals surface area (Å²) in [5.74, 6) is 0.911. The van der Waals surface area contributed by atoms with Gasteiger partial charge < -0.3 is 9.73 Å². The minimum atomic E-state index is -0.0959. The van der Waals surface area contributed by atoms with Crippen molar-refractivity contribution >= 4 is 11.6 Å². The van der Waals surface area contributed by atoms with Crippen LogP contribution in [0.2, 0.25) is 0 Å². The molecule has 0 spiro atoms. The summed E-state index contributed by atoms with van der Waals surface area (Å²) >= 11 is 0. The van der Waals surface area contributed by atoms with Crippen molar-refractivity contribution in [2.24, 2.45) is 0 Å². The standard InChI is InChI=1S/C11H11N3O2/c1-7(15)12-10-5-3-9(4-6-10)11-14-13-8(2)16-11/h3-6H,1-2H3,(H,12,15). The van der Waals surface area contributed by atoms with Crippen LogP contribution in [0.15, 0.2) is 28.7 Å². The quantitative estimate of drug-likeness (QED) is 0.835. The molecule has 2 rings (SSSR count). The van der Waals surface area contributed by atoms with E-state index in [0.717, 1.165) is 11.3 Å². The average molecular weight is 217 g/mol. The third-order valence-corrected chi connectivity index (χ3v) is 1.98. The molecule has 0 bridgehead atoms. The molecule has 0 aliphatic heterocycles. The van der Waals surface area contributed by atoms with E-state index in [1.54, 1.807) is 19.1 Å². The molecule has 2 aromatic rings. The first-order valence-electron chi connectivity index (χ1n) is 4.83. The zero-order valence-electron chi connectivity index (χ0n) is 9.02. The van der Waals surface area contributed by atoms with Crippen LogP contribution >= 0.6 is 0 Å². The largest absolute Gasteiger partial charge is 0.421 e. The lowest BCUT2D eigenvalue weighted by molar-refractivity contribution is -0.114. The predicted octanol–water partition coefficient (Wildman–Crippen LogP) is 2.00. The Labute approximate surface area is 92.5 Å². The summed E-state index contributed by atoms with van der Waals surface area (Å²) in [6.07, 6.45) is 0. The number of carbonyl (C=O) groups excluding carboxylic acids is 1. The Morgan fingerprint density at radius 1 is 1.25 bits per heavy atom. The molecule has 1 heterocycles. The molecule has 0 aliphatic rings. The SMILES string of the molecule is CC(=O)Nc1ccc(-c2nnc(C)o2)cc1. The minimum Gasteiger partial charge on any atom is -0.421 e. The molecule has 16 heavy (non-hydrogen) atoms. The molecule has 0 atom stereocenters. The lowest BCUT2D eigenvalue weighted by Gasteiger charge is -2.01. The Bertz CT molecular complexity index is 502. The van der Waals surface area contributed by atoms with Gasteiger partial charge in [0.2, 0.25) is 17.7 Å². The highest BCUT2D eigenvalue weighted by atomic mass is 16.4. The van der Waals surface area contributed by atoms with Gasteiger partial charge >= 0.3 is 0 Å². The zero-order chi connectivity index (χ0) is 11.5. The number of aryl methyl sites for hydroxylation is 1. The fourth-order valence-electron chi connectivity index (χ4n) is 1.31. The first kappa shape index (κ1) is 10.4. The summed E-state index contributed by atoms with van der Waals surface area (Å²) in [7, 11) is 0. The smallest absolute Gasteiger partial charge is 0.247 e. The molecule has 5 nitrogen and oxygen atoms in total. The van der Waals surface area contributed by atoms with E-state index in [2.05, 4.69) is 15.5 Å². The second-order valence-electron chi connectivity index (χ2n) is 3.38. The van der Waals surface area contributed by atoms with Crippen LogP contribution in [-0.4, -0.2) is 16.1 Å². The first-order valence-corrected chi connectivity index (χ1v) is 4.83. The van der Waals surface area contributed by atoms with Crippen molar-refractivity contribution in [2.75, 3.05) is 5.32 Å². The molecular formula is C11H11N3O2. The maximum atomic E-state index is 10.8. The highest BCUT2D eigenvalue weighted by molar-refractivity contribution is 5.88. The first-order chi connectivity index (χ1) is 7.65. The van der Waals surface area contributed by atoms with E-state index in [9.17, 15) is 4.79 Å². The highest BCUT2D eigenvalue weighted by Gasteiger charge is 2.05. The fourth-order valence-corrected chi connectivity index (χ4v) is 1.31. The summed E-state index contributed by atoms with van der Waals surface area (Å²) in [5, 5.41) is 10.3. The van der Waals surface area contributed by atoms with Gasteiger partial charge in [0, 0.05) is 25.1 Å². The van der Waals surface area contributed by atoms with Crippen LogP contribution in [0.3, 0.4) is 0 Å². The van der Waals surface area contributed by atoms with Gasteiger partial charge in [0.15, 0.2) is 0 Å². The van der Waals surface area contributed by atoms with E-state index in [1.807, 2.05) is 12.1 Å². The predicted molar refractivity (Wildman–Crippen MR) is 58.8 cm³/mol. The fraction of sp³-hybridized carbons (Fsp3) is 0.182. The van der Waals surface area contributed by atoms with Crippen molar-refractivity contribution in [1.29, 1.82) is 0 Å². The zero-order valence-corrected chi connectivity index (χ0v) is 9.02. The van der Waals surface area contributed by atoms with Gasteiger partial charge in [-0.15, -0.1) is 10.2 Å². The van der Waals surface area contributed by atoms with Crippen LogP contribution in [0.25, 0.3) is 11.5 Å². The number of anilines is 1. The molecule has 0 radical (unpaired) electrons. The Balaban J connectivity index is 2.22. The summed E-state index contributed by atoms with van der Waals surface area (Å²) in [4.78, 5) is 10.8. The summed E-state index contributed by atoms with van der Waals surface area (Å²) in [6.45, 7) is 3.21. The molecule has 1 aromatic heterocycles. The van der Waals surface area contributed by atoms with E-state index in [1.165, 1.54) is 6.92 Å². The lowest BCUT2D eigenvalue weighted by atomic mass is 10.2. The van der Waals surface area contributed by atoms with Crippen LogP contribution in [0.4, 0.5) is 5.69 Å². The van der Waals surface area contributed by atoms with Crippen molar-refractivity contribution < 1.29 is 9.21 Å². The van der Waals surface area contributed by atoms with Gasteiger partial charge in [0.1, 0.15) is 0 Å². The van der Waals surface area contributed by atoms with E-state index >= 15 is 0 Å². The third-order valence-electron chi connectivity index (χ3n) is 1.98. The normalized spacial score (nSPS) is 10.1. The Hall–Kier alpha value is -2.17. The molecular weight excluding hydrogens is 206 g/mol. The summed E-state index contributed by atoms with van der Waals surface area (Å²) < 4.78 is 5.28. The van der Waals surface area contributed by atoms with Crippen LogP contribution in [-0.2, 0) is 4.79 Å². The second kappa shape index (κ2) is 4.14. The van der Waals surface area contributed by atoms with Gasteiger partial charge in [0.25, 0.3) is 0 Å². The Morgan fingerprint density at radius 3 is 2.44 bits per heavy atom. The van der Waals surface area contributed by atoms with Crippen molar-refractivity contribution in [3.05, 3.63) is 30.2 Å². The van der Waals surface area contributed by atoms with Gasteiger partial charge in [-0.2, -0.15) is 0 Å². The van der Waals surface area contributed by atoms with E-state index < -0.39 is 0 Å². The molecule has 0 aliphatic carbocycles. The summed E-state index contributed by atoms with van der Waals surface area (Å²) in [5.41, 5.74) is 1.57. The molecule has 1 aromatic carbocycles. The van der Waals surface area contributed by atoms with E-state index in [4.69, 9.17) is 4.42 Å². The van der Waals surface area contributed by atoms with E-state index in [0.29, 0.717) is 11.8 Å². The maximum Gasteiger partial charge on any atom is 0.247 e. The maximum absolute atomic E-state index is 10.8. The average Bonchev–Trinajstić information content (AvgIpc) is 2.65. The van der Waals surface area contributed by atoms with Crippen molar-refractivity contribution in [3.8, 4) is 11.5 Å². The number of aromatic nitrogens is 2. The number of benzene rings is 1. The molecule has 5 heteroatoms. The number of nitrogens with zero attached hydrogens (tertiary/aromatic N) is 2. The van der Waals surface area contributed by atoms with Gasteiger partial charge in [-0.3, -0.25) is 4.79 Å². The van der Waals surface area contributed by atoms with E-state index in [-0.39, 0.29) is 5.91 Å². The Kier molecular flexibility index (Phi) is 2.68. The molecule has 1 amide bonds. The molecule has 82 valence electrons. The van der Waals surface area contributed by atoms with Crippen LogP contribution < -0.4 is 5.32 Å². The number of amides is 1. The van der Waals surface area contributed by atoms with Crippen molar-refractivity contribution in [2.45, 2.75) is 13.8 Å². The molecule has 1 N–H and O–H groups in total. The van der Waals surface area contributed by atoms with Crippen LogP contribution in [0.1, 0.15) is 12.8 Å². The van der Waals surface area contributed by atoms with Gasteiger partial charge in [-0.1, -0.05) is 0 Å². The molecule has 0 unspecified atom stereocenters. The Morgan fingerprint density at radius 2 is 1.94 bits per heavy atom. The number of rotatable bonds is 2. The molecule has 0 saturated heterocycles. The lowest BCUT2D eigenvalue weighted by Crippen LogP contribution is -2.05. The minimum absolute atomic E-state index is 0.0959. The number of hydrogen-bond acceptors (Lipinski definition) is 4. The molecule has 0 fully saturated rings. The summed E-state index contributed by atoms with van der Waals surface area (Å²) in [6, 6.07) is 7.21. The molecule has 0 saturated carbocycles. The van der Waals surface area contributed by atoms with Gasteiger partial charge in [-0.25, -0.2) is 0 Å².